The van der Waals surface area contributed by atoms with Crippen LogP contribution in [0.5, 0.6) is 5.75 Å². The topological polar surface area (TPSA) is 65.4 Å². The van der Waals surface area contributed by atoms with E-state index in [1.54, 1.807) is 18.2 Å². The molecule has 11 heteroatoms. The summed E-state index contributed by atoms with van der Waals surface area (Å²) < 4.78 is 86.4. The lowest BCUT2D eigenvalue weighted by molar-refractivity contribution is -0.262. The van der Waals surface area contributed by atoms with Gasteiger partial charge in [0.05, 0.1) is 18.1 Å². The van der Waals surface area contributed by atoms with Crippen molar-refractivity contribution in [2.24, 2.45) is 0 Å². The van der Waals surface area contributed by atoms with E-state index < -0.39 is 41.2 Å². The van der Waals surface area contributed by atoms with Crippen LogP contribution in [0.3, 0.4) is 0 Å². The Kier molecular flexibility index (Phi) is 7.74. The first kappa shape index (κ1) is 28.5. The number of nitrogens with zero attached hydrogens (tertiary/aromatic N) is 2. The lowest BCUT2D eigenvalue weighted by Gasteiger charge is -2.36. The summed E-state index contributed by atoms with van der Waals surface area (Å²) >= 11 is 0. The molecule has 0 spiro atoms. The lowest BCUT2D eigenvalue weighted by Crippen LogP contribution is -2.49. The number of hydrogen-bond acceptors (Lipinski definition) is 4. The molecule has 6 nitrogen and oxygen atoms in total. The fourth-order valence-corrected chi connectivity index (χ4v) is 5.57. The SMILES string of the molecule is COc1ccc(C(C(=O)NC2CCCC2)n2c([C@@](OC)(c3ccccc3)C(F)(F)F)nc3cc(F)c(F)cc32)cc1. The monoisotopic (exact) mass is 573 g/mol. The molecule has 5 rings (SSSR count). The number of benzene rings is 3. The van der Waals surface area contributed by atoms with E-state index in [2.05, 4.69) is 10.3 Å². The average molecular weight is 574 g/mol. The van der Waals surface area contributed by atoms with Crippen molar-refractivity contribution < 1.29 is 36.2 Å². The van der Waals surface area contributed by atoms with Crippen LogP contribution >= 0.6 is 0 Å². The zero-order valence-corrected chi connectivity index (χ0v) is 22.3. The lowest BCUT2D eigenvalue weighted by atomic mass is 9.90. The van der Waals surface area contributed by atoms with Crippen LogP contribution in [0.1, 0.15) is 48.7 Å². The van der Waals surface area contributed by atoms with Crippen LogP contribution in [0.15, 0.2) is 66.7 Å². The van der Waals surface area contributed by atoms with Crippen LogP contribution in [0.4, 0.5) is 22.0 Å². The number of carbonyl (C=O) groups is 1. The molecule has 3 aromatic carbocycles. The number of fused-ring (bicyclic) bond motifs is 1. The van der Waals surface area contributed by atoms with Crippen LogP contribution in [-0.4, -0.2) is 41.9 Å². The van der Waals surface area contributed by atoms with Gasteiger partial charge in [-0.2, -0.15) is 13.2 Å². The quantitative estimate of drug-likeness (QED) is 0.247. The summed E-state index contributed by atoms with van der Waals surface area (Å²) in [6.45, 7) is 0. The first-order chi connectivity index (χ1) is 19.6. The van der Waals surface area contributed by atoms with E-state index in [9.17, 15) is 13.6 Å². The molecule has 1 aliphatic carbocycles. The van der Waals surface area contributed by atoms with Crippen LogP contribution < -0.4 is 10.1 Å². The van der Waals surface area contributed by atoms with Gasteiger partial charge in [-0.25, -0.2) is 13.8 Å². The highest BCUT2D eigenvalue weighted by molar-refractivity contribution is 5.87. The van der Waals surface area contributed by atoms with Crippen molar-refractivity contribution in [3.8, 4) is 5.75 Å². The van der Waals surface area contributed by atoms with E-state index in [1.807, 2.05) is 0 Å². The van der Waals surface area contributed by atoms with Crippen molar-refractivity contribution in [3.63, 3.8) is 0 Å². The summed E-state index contributed by atoms with van der Waals surface area (Å²) in [7, 11) is 2.33. The summed E-state index contributed by atoms with van der Waals surface area (Å²) in [6.07, 6.45) is -1.88. The molecule has 41 heavy (non-hydrogen) atoms. The Labute approximate surface area is 233 Å². The van der Waals surface area contributed by atoms with E-state index >= 15 is 13.2 Å². The summed E-state index contributed by atoms with van der Waals surface area (Å²) in [5, 5.41) is 2.95. The highest BCUT2D eigenvalue weighted by Crippen LogP contribution is 2.48. The number of hydrogen-bond donors (Lipinski definition) is 1. The molecule has 0 saturated heterocycles. The third kappa shape index (κ3) is 5.03. The summed E-state index contributed by atoms with van der Waals surface area (Å²) in [6, 6.07) is 12.9. The Balaban J connectivity index is 1.86. The second-order valence-corrected chi connectivity index (χ2v) is 9.98. The van der Waals surface area contributed by atoms with Crippen molar-refractivity contribution in [1.29, 1.82) is 0 Å². The number of alkyl halides is 3. The molecule has 1 aliphatic rings. The first-order valence-corrected chi connectivity index (χ1v) is 13.1. The highest BCUT2D eigenvalue weighted by Gasteiger charge is 2.61. The summed E-state index contributed by atoms with van der Waals surface area (Å²) in [5.41, 5.74) is -3.71. The van der Waals surface area contributed by atoms with Crippen molar-refractivity contribution >= 4 is 16.9 Å². The molecular formula is C30H28F5N3O3. The van der Waals surface area contributed by atoms with Gasteiger partial charge in [0.2, 0.25) is 11.5 Å². The zero-order valence-electron chi connectivity index (χ0n) is 22.3. The molecule has 4 aromatic rings. The van der Waals surface area contributed by atoms with E-state index in [1.165, 1.54) is 43.5 Å². The number of imidazole rings is 1. The molecule has 1 N–H and O–H groups in total. The van der Waals surface area contributed by atoms with Gasteiger partial charge in [-0.05, 0) is 30.5 Å². The van der Waals surface area contributed by atoms with E-state index in [-0.39, 0.29) is 28.2 Å². The fourth-order valence-electron chi connectivity index (χ4n) is 5.57. The Morgan fingerprint density at radius 2 is 1.61 bits per heavy atom. The Bertz CT molecular complexity index is 1530. The predicted octanol–water partition coefficient (Wildman–Crippen LogP) is 6.42. The van der Waals surface area contributed by atoms with Gasteiger partial charge >= 0.3 is 6.18 Å². The molecule has 1 heterocycles. The number of aromatic nitrogens is 2. The van der Waals surface area contributed by atoms with Crippen LogP contribution in [-0.2, 0) is 15.1 Å². The fraction of sp³-hybridized carbons (Fsp3) is 0.333. The van der Waals surface area contributed by atoms with Crippen molar-refractivity contribution in [3.05, 3.63) is 95.3 Å². The second kappa shape index (κ2) is 11.1. The number of halogens is 5. The normalized spacial score (nSPS) is 16.5. The molecular weight excluding hydrogens is 545 g/mol. The minimum atomic E-state index is -5.11. The molecule has 0 bridgehead atoms. The van der Waals surface area contributed by atoms with Gasteiger partial charge in [-0.3, -0.25) is 4.79 Å². The minimum absolute atomic E-state index is 0.181. The van der Waals surface area contributed by atoms with Gasteiger partial charge in [0.1, 0.15) is 11.8 Å². The molecule has 1 fully saturated rings. The predicted molar refractivity (Wildman–Crippen MR) is 141 cm³/mol. The number of amides is 1. The van der Waals surface area contributed by atoms with Gasteiger partial charge in [0.15, 0.2) is 17.5 Å². The molecule has 0 aliphatic heterocycles. The molecule has 216 valence electrons. The Morgan fingerprint density at radius 1 is 0.976 bits per heavy atom. The van der Waals surface area contributed by atoms with Gasteiger partial charge < -0.3 is 19.4 Å². The van der Waals surface area contributed by atoms with Crippen molar-refractivity contribution in [1.82, 2.24) is 14.9 Å². The molecule has 1 amide bonds. The van der Waals surface area contributed by atoms with Crippen LogP contribution in [0.25, 0.3) is 11.0 Å². The number of rotatable bonds is 8. The van der Waals surface area contributed by atoms with Gasteiger partial charge in [0.25, 0.3) is 0 Å². The maximum Gasteiger partial charge on any atom is 0.429 e. The van der Waals surface area contributed by atoms with E-state index in [0.29, 0.717) is 24.7 Å². The Morgan fingerprint density at radius 3 is 2.20 bits per heavy atom. The Hall–Kier alpha value is -3.99. The number of ether oxygens (including phenoxy) is 2. The number of methoxy groups -OCH3 is 2. The maximum atomic E-state index is 15.3. The van der Waals surface area contributed by atoms with Gasteiger partial charge in [-0.1, -0.05) is 55.3 Å². The molecule has 2 atom stereocenters. The second-order valence-electron chi connectivity index (χ2n) is 9.98. The summed E-state index contributed by atoms with van der Waals surface area (Å²) in [4.78, 5) is 18.2. The van der Waals surface area contributed by atoms with Crippen LogP contribution in [0, 0.1) is 11.6 Å². The summed E-state index contributed by atoms with van der Waals surface area (Å²) in [5.74, 6) is -3.50. The van der Waals surface area contributed by atoms with Crippen LogP contribution in [0.2, 0.25) is 0 Å². The van der Waals surface area contributed by atoms with Gasteiger partial charge in [0, 0.05) is 30.8 Å². The van der Waals surface area contributed by atoms with E-state index in [0.717, 1.165) is 30.6 Å². The van der Waals surface area contributed by atoms with Crippen molar-refractivity contribution in [2.75, 3.05) is 14.2 Å². The number of nitrogens with one attached hydrogen (secondary N) is 1. The highest BCUT2D eigenvalue weighted by atomic mass is 19.4. The first-order valence-electron chi connectivity index (χ1n) is 13.1. The van der Waals surface area contributed by atoms with Gasteiger partial charge in [-0.15, -0.1) is 0 Å². The average Bonchev–Trinajstić information content (AvgIpc) is 3.59. The zero-order chi connectivity index (χ0) is 29.4. The van der Waals surface area contributed by atoms with Crippen molar-refractivity contribution in [2.45, 2.75) is 49.5 Å². The minimum Gasteiger partial charge on any atom is -0.497 e. The molecule has 1 unspecified atom stereocenters. The van der Waals surface area contributed by atoms with E-state index in [4.69, 9.17) is 9.47 Å². The molecule has 1 saturated carbocycles. The molecule has 0 radical (unpaired) electrons. The standard InChI is InChI=1S/C30H28F5N3O3/c1-40-21-14-12-18(13-15-21)26(27(39)36-20-10-6-7-11-20)38-25-17-23(32)22(31)16-24(25)37-28(38)29(41-2,30(33,34)35)19-8-4-3-5-9-19/h3-5,8-9,12-17,20,26H,6-7,10-11H2,1-2H3,(H,36,39)/t26?,29-/m0/s1. The third-order valence-corrected chi connectivity index (χ3v) is 7.57. The largest absolute Gasteiger partial charge is 0.497 e. The third-order valence-electron chi connectivity index (χ3n) is 7.57. The maximum absolute atomic E-state index is 15.3. The number of carbonyl (C=O) groups excluding carboxylic acids is 1. The smallest absolute Gasteiger partial charge is 0.429 e. The molecule has 1 aromatic heterocycles.